The summed E-state index contributed by atoms with van der Waals surface area (Å²) < 4.78 is 5.08. The highest BCUT2D eigenvalue weighted by Gasteiger charge is 2.09. The van der Waals surface area contributed by atoms with Crippen molar-refractivity contribution in [2.45, 2.75) is 13.5 Å². The van der Waals surface area contributed by atoms with Crippen LogP contribution in [0.15, 0.2) is 42.5 Å². The molecule has 4 nitrogen and oxygen atoms in total. The van der Waals surface area contributed by atoms with Gasteiger partial charge in [0.15, 0.2) is 0 Å². The lowest BCUT2D eigenvalue weighted by atomic mass is 10.1. The van der Waals surface area contributed by atoms with E-state index < -0.39 is 0 Å². The average molecular weight is 271 g/mol. The quantitative estimate of drug-likeness (QED) is 0.898. The van der Waals surface area contributed by atoms with Crippen molar-refractivity contribution in [2.75, 3.05) is 7.11 Å². The zero-order valence-corrected chi connectivity index (χ0v) is 11.5. The van der Waals surface area contributed by atoms with Crippen LogP contribution in [0.2, 0.25) is 0 Å². The molecule has 2 aromatic rings. The third-order valence-electron chi connectivity index (χ3n) is 3.07. The van der Waals surface area contributed by atoms with Crippen LogP contribution in [0.1, 0.15) is 21.5 Å². The summed E-state index contributed by atoms with van der Waals surface area (Å²) in [4.78, 5) is 12.1. The zero-order valence-electron chi connectivity index (χ0n) is 11.5. The molecule has 2 aromatic carbocycles. The summed E-state index contributed by atoms with van der Waals surface area (Å²) in [6, 6.07) is 12.2. The summed E-state index contributed by atoms with van der Waals surface area (Å²) in [7, 11) is 1.62. The molecule has 0 fully saturated rings. The van der Waals surface area contributed by atoms with Gasteiger partial charge in [0, 0.05) is 12.1 Å². The Morgan fingerprint density at radius 3 is 2.50 bits per heavy atom. The van der Waals surface area contributed by atoms with Crippen molar-refractivity contribution in [3.8, 4) is 11.5 Å². The molecular formula is C16H17NO3. The first-order valence-electron chi connectivity index (χ1n) is 6.31. The lowest BCUT2D eigenvalue weighted by molar-refractivity contribution is 0.0950. The van der Waals surface area contributed by atoms with Crippen LogP contribution in [0.5, 0.6) is 11.5 Å². The summed E-state index contributed by atoms with van der Waals surface area (Å²) in [5, 5.41) is 12.2. The van der Waals surface area contributed by atoms with Crippen LogP contribution in [0.4, 0.5) is 0 Å². The molecule has 0 aliphatic rings. The molecule has 0 aromatic heterocycles. The predicted molar refractivity (Wildman–Crippen MR) is 77.0 cm³/mol. The summed E-state index contributed by atoms with van der Waals surface area (Å²) in [5.74, 6) is 0.793. The minimum Gasteiger partial charge on any atom is -0.508 e. The number of nitrogens with one attached hydrogen (secondary N) is 1. The van der Waals surface area contributed by atoms with Crippen molar-refractivity contribution in [2.24, 2.45) is 0 Å². The van der Waals surface area contributed by atoms with Gasteiger partial charge in [0.25, 0.3) is 5.91 Å². The number of benzene rings is 2. The Bertz CT molecular complexity index is 606. The van der Waals surface area contributed by atoms with Gasteiger partial charge in [-0.25, -0.2) is 0 Å². The SMILES string of the molecule is COc1ccc(CNC(=O)c2ccc(O)cc2C)cc1. The molecule has 20 heavy (non-hydrogen) atoms. The molecule has 0 unspecified atom stereocenters. The Morgan fingerprint density at radius 2 is 1.90 bits per heavy atom. The molecule has 2 rings (SSSR count). The largest absolute Gasteiger partial charge is 0.508 e. The molecule has 0 bridgehead atoms. The average Bonchev–Trinajstić information content (AvgIpc) is 2.45. The lowest BCUT2D eigenvalue weighted by Gasteiger charge is -2.08. The molecule has 0 spiro atoms. The summed E-state index contributed by atoms with van der Waals surface area (Å²) >= 11 is 0. The first-order valence-corrected chi connectivity index (χ1v) is 6.31. The van der Waals surface area contributed by atoms with Crippen LogP contribution in [-0.2, 0) is 6.54 Å². The van der Waals surface area contributed by atoms with Crippen LogP contribution in [0.25, 0.3) is 0 Å². The molecule has 1 amide bonds. The maximum absolute atomic E-state index is 12.1. The highest BCUT2D eigenvalue weighted by Crippen LogP contribution is 2.16. The number of rotatable bonds is 4. The van der Waals surface area contributed by atoms with E-state index in [0.717, 1.165) is 16.9 Å². The normalized spacial score (nSPS) is 10.1. The number of methoxy groups -OCH3 is 1. The van der Waals surface area contributed by atoms with Gasteiger partial charge >= 0.3 is 0 Å². The van der Waals surface area contributed by atoms with Crippen molar-refractivity contribution >= 4 is 5.91 Å². The highest BCUT2D eigenvalue weighted by molar-refractivity contribution is 5.95. The second kappa shape index (κ2) is 6.10. The van der Waals surface area contributed by atoms with Crippen molar-refractivity contribution in [3.63, 3.8) is 0 Å². The van der Waals surface area contributed by atoms with Crippen molar-refractivity contribution in [1.29, 1.82) is 0 Å². The van der Waals surface area contributed by atoms with E-state index in [9.17, 15) is 9.90 Å². The van der Waals surface area contributed by atoms with Gasteiger partial charge in [-0.3, -0.25) is 4.79 Å². The van der Waals surface area contributed by atoms with E-state index in [4.69, 9.17) is 4.74 Å². The molecule has 104 valence electrons. The minimum atomic E-state index is -0.154. The molecule has 0 aliphatic heterocycles. The summed E-state index contributed by atoms with van der Waals surface area (Å²) in [6.07, 6.45) is 0. The predicted octanol–water partition coefficient (Wildman–Crippen LogP) is 2.64. The van der Waals surface area contributed by atoms with Crippen LogP contribution in [0, 0.1) is 6.92 Å². The number of hydrogen-bond acceptors (Lipinski definition) is 3. The van der Waals surface area contributed by atoms with Crippen LogP contribution in [-0.4, -0.2) is 18.1 Å². The minimum absolute atomic E-state index is 0.154. The maximum Gasteiger partial charge on any atom is 0.251 e. The Kier molecular flexibility index (Phi) is 4.25. The Balaban J connectivity index is 2.00. The topological polar surface area (TPSA) is 58.6 Å². The molecule has 4 heteroatoms. The molecule has 2 N–H and O–H groups in total. The van der Waals surface area contributed by atoms with E-state index in [-0.39, 0.29) is 11.7 Å². The van der Waals surface area contributed by atoms with E-state index in [1.807, 2.05) is 24.3 Å². The second-order valence-electron chi connectivity index (χ2n) is 4.53. The fraction of sp³-hybridized carbons (Fsp3) is 0.188. The number of carbonyl (C=O) groups is 1. The van der Waals surface area contributed by atoms with Gasteiger partial charge in [0.1, 0.15) is 11.5 Å². The lowest BCUT2D eigenvalue weighted by Crippen LogP contribution is -2.23. The van der Waals surface area contributed by atoms with Crippen molar-refractivity contribution < 1.29 is 14.6 Å². The van der Waals surface area contributed by atoms with Crippen LogP contribution in [0.3, 0.4) is 0 Å². The number of carbonyl (C=O) groups excluding carboxylic acids is 1. The Labute approximate surface area is 118 Å². The second-order valence-corrected chi connectivity index (χ2v) is 4.53. The number of aryl methyl sites for hydroxylation is 1. The van der Waals surface area contributed by atoms with Gasteiger partial charge in [-0.05, 0) is 48.4 Å². The highest BCUT2D eigenvalue weighted by atomic mass is 16.5. The molecular weight excluding hydrogens is 254 g/mol. The number of ether oxygens (including phenoxy) is 1. The summed E-state index contributed by atoms with van der Waals surface area (Å²) in [6.45, 7) is 2.24. The molecule has 0 saturated heterocycles. The monoisotopic (exact) mass is 271 g/mol. The Hall–Kier alpha value is -2.49. The molecule has 0 heterocycles. The van der Waals surface area contributed by atoms with Gasteiger partial charge in [-0.1, -0.05) is 12.1 Å². The van der Waals surface area contributed by atoms with Crippen molar-refractivity contribution in [3.05, 3.63) is 59.2 Å². The third kappa shape index (κ3) is 3.29. The van der Waals surface area contributed by atoms with E-state index in [1.54, 1.807) is 26.2 Å². The molecule has 0 atom stereocenters. The molecule has 0 radical (unpaired) electrons. The zero-order chi connectivity index (χ0) is 14.5. The maximum atomic E-state index is 12.1. The van der Waals surface area contributed by atoms with E-state index in [1.165, 1.54) is 6.07 Å². The molecule has 0 saturated carbocycles. The van der Waals surface area contributed by atoms with Gasteiger partial charge in [0.2, 0.25) is 0 Å². The number of aromatic hydroxyl groups is 1. The molecule has 0 aliphatic carbocycles. The number of amides is 1. The number of phenols is 1. The first kappa shape index (κ1) is 13.9. The number of hydrogen-bond donors (Lipinski definition) is 2. The third-order valence-corrected chi connectivity index (χ3v) is 3.07. The fourth-order valence-electron chi connectivity index (χ4n) is 1.92. The standard InChI is InChI=1S/C16H17NO3/c1-11-9-13(18)5-8-15(11)16(19)17-10-12-3-6-14(20-2)7-4-12/h3-9,18H,10H2,1-2H3,(H,17,19). The van der Waals surface area contributed by atoms with Gasteiger partial charge in [0.05, 0.1) is 7.11 Å². The van der Waals surface area contributed by atoms with E-state index >= 15 is 0 Å². The van der Waals surface area contributed by atoms with Gasteiger partial charge < -0.3 is 15.2 Å². The number of phenolic OH excluding ortho intramolecular Hbond substituents is 1. The van der Waals surface area contributed by atoms with Crippen LogP contribution < -0.4 is 10.1 Å². The Morgan fingerprint density at radius 1 is 1.20 bits per heavy atom. The van der Waals surface area contributed by atoms with Gasteiger partial charge in [-0.15, -0.1) is 0 Å². The first-order chi connectivity index (χ1) is 9.60. The summed E-state index contributed by atoms with van der Waals surface area (Å²) in [5.41, 5.74) is 2.31. The fourth-order valence-corrected chi connectivity index (χ4v) is 1.92. The van der Waals surface area contributed by atoms with Crippen molar-refractivity contribution in [1.82, 2.24) is 5.32 Å². The van der Waals surface area contributed by atoms with E-state index in [0.29, 0.717) is 12.1 Å². The smallest absolute Gasteiger partial charge is 0.251 e. The van der Waals surface area contributed by atoms with Crippen LogP contribution >= 0.6 is 0 Å². The van der Waals surface area contributed by atoms with Gasteiger partial charge in [-0.2, -0.15) is 0 Å². The van der Waals surface area contributed by atoms with E-state index in [2.05, 4.69) is 5.32 Å².